The fourth-order valence-electron chi connectivity index (χ4n) is 1.74. The first-order valence-corrected chi connectivity index (χ1v) is 7.03. The van der Waals surface area contributed by atoms with Crippen LogP contribution in [-0.4, -0.2) is 39.4 Å². The van der Waals surface area contributed by atoms with Crippen molar-refractivity contribution in [2.45, 2.75) is 13.5 Å². The van der Waals surface area contributed by atoms with Gasteiger partial charge in [-0.3, -0.25) is 4.79 Å². The number of benzene rings is 1. The molecule has 23 heavy (non-hydrogen) atoms. The number of nitrogens with zero attached hydrogens (tertiary/aromatic N) is 4. The van der Waals surface area contributed by atoms with Crippen LogP contribution in [0.15, 0.2) is 12.1 Å². The molecule has 5 N–H and O–H groups in total. The number of carbonyl (C=O) groups is 1. The minimum absolute atomic E-state index is 0.127. The number of nitrogen functional groups attached to an aromatic ring is 1. The van der Waals surface area contributed by atoms with Crippen LogP contribution in [0.4, 0.5) is 5.95 Å². The minimum Gasteiger partial charge on any atom is -0.490 e. The van der Waals surface area contributed by atoms with E-state index in [9.17, 15) is 4.79 Å². The summed E-state index contributed by atoms with van der Waals surface area (Å²) in [6.45, 7) is 2.27. The molecule has 0 saturated carbocycles. The molecule has 2 aromatic rings. The maximum absolute atomic E-state index is 10.9. The number of anilines is 1. The number of hydrogen-bond donors (Lipinski definition) is 3. The van der Waals surface area contributed by atoms with Crippen LogP contribution in [0, 0.1) is 0 Å². The van der Waals surface area contributed by atoms with Crippen molar-refractivity contribution in [3.05, 3.63) is 22.7 Å². The van der Waals surface area contributed by atoms with E-state index in [-0.39, 0.29) is 18.3 Å². The molecule has 124 valence electrons. The Morgan fingerprint density at radius 2 is 2.22 bits per heavy atom. The number of primary amides is 1. The first-order chi connectivity index (χ1) is 11.0. The molecule has 0 bridgehead atoms. The summed E-state index contributed by atoms with van der Waals surface area (Å²) in [4.78, 5) is 12.1. The van der Waals surface area contributed by atoms with Crippen LogP contribution >= 0.6 is 11.6 Å². The van der Waals surface area contributed by atoms with E-state index >= 15 is 0 Å². The molecular weight excluding hydrogens is 326 g/mol. The van der Waals surface area contributed by atoms with Crippen molar-refractivity contribution in [1.82, 2.24) is 20.3 Å². The SMILES string of the molecule is CCOc1cc(CNn2nnnc2N)cc(Cl)c1OCC(N)=O. The van der Waals surface area contributed by atoms with Crippen LogP contribution in [0.5, 0.6) is 11.5 Å². The van der Waals surface area contributed by atoms with Crippen molar-refractivity contribution in [2.24, 2.45) is 5.73 Å². The zero-order chi connectivity index (χ0) is 16.8. The van der Waals surface area contributed by atoms with E-state index in [0.717, 1.165) is 5.56 Å². The largest absolute Gasteiger partial charge is 0.490 e. The predicted octanol–water partition coefficient (Wildman–Crippen LogP) is -0.0848. The average molecular weight is 342 g/mol. The molecule has 0 atom stereocenters. The molecule has 1 aromatic carbocycles. The lowest BCUT2D eigenvalue weighted by Crippen LogP contribution is -2.20. The second kappa shape index (κ2) is 7.49. The predicted molar refractivity (Wildman–Crippen MR) is 82.6 cm³/mol. The van der Waals surface area contributed by atoms with Gasteiger partial charge < -0.3 is 26.4 Å². The summed E-state index contributed by atoms with van der Waals surface area (Å²) in [5.74, 6) is 0.187. The van der Waals surface area contributed by atoms with Gasteiger partial charge in [-0.1, -0.05) is 16.7 Å². The van der Waals surface area contributed by atoms with Crippen molar-refractivity contribution >= 4 is 23.5 Å². The number of carbonyl (C=O) groups excluding carboxylic acids is 1. The quantitative estimate of drug-likeness (QED) is 0.604. The van der Waals surface area contributed by atoms with E-state index in [1.807, 2.05) is 6.92 Å². The van der Waals surface area contributed by atoms with E-state index in [1.54, 1.807) is 12.1 Å². The monoisotopic (exact) mass is 341 g/mol. The van der Waals surface area contributed by atoms with Crippen LogP contribution in [0.25, 0.3) is 0 Å². The molecule has 0 fully saturated rings. The molecule has 0 unspecified atom stereocenters. The van der Waals surface area contributed by atoms with Gasteiger partial charge in [0.05, 0.1) is 18.2 Å². The van der Waals surface area contributed by atoms with Crippen LogP contribution in [0.2, 0.25) is 5.02 Å². The smallest absolute Gasteiger partial charge is 0.260 e. The van der Waals surface area contributed by atoms with Crippen LogP contribution in [0.3, 0.4) is 0 Å². The normalized spacial score (nSPS) is 10.3. The lowest BCUT2D eigenvalue weighted by atomic mass is 10.2. The van der Waals surface area contributed by atoms with E-state index in [2.05, 4.69) is 21.0 Å². The number of tetrazole rings is 1. The highest BCUT2D eigenvalue weighted by Gasteiger charge is 2.14. The summed E-state index contributed by atoms with van der Waals surface area (Å²) in [6.07, 6.45) is 0. The topological polar surface area (TPSA) is 143 Å². The molecule has 0 saturated heterocycles. The van der Waals surface area contributed by atoms with Gasteiger partial charge in [-0.15, -0.1) is 4.79 Å². The molecule has 1 heterocycles. The van der Waals surface area contributed by atoms with Gasteiger partial charge in [0.1, 0.15) is 0 Å². The number of nitrogens with two attached hydrogens (primary N) is 2. The molecule has 0 aliphatic rings. The van der Waals surface area contributed by atoms with Crippen molar-refractivity contribution < 1.29 is 14.3 Å². The second-order valence-corrected chi connectivity index (χ2v) is 4.78. The Labute approximate surface area is 136 Å². The van der Waals surface area contributed by atoms with Gasteiger partial charge in [0, 0.05) is 0 Å². The maximum atomic E-state index is 10.9. The summed E-state index contributed by atoms with van der Waals surface area (Å²) in [5, 5.41) is 10.9. The molecule has 0 radical (unpaired) electrons. The Kier molecular flexibility index (Phi) is 5.41. The van der Waals surface area contributed by atoms with Crippen LogP contribution in [0.1, 0.15) is 12.5 Å². The number of amides is 1. The Bertz CT molecular complexity index is 691. The number of halogens is 1. The van der Waals surface area contributed by atoms with Gasteiger partial charge in [0.15, 0.2) is 18.1 Å². The van der Waals surface area contributed by atoms with Gasteiger partial charge in [0.2, 0.25) is 0 Å². The van der Waals surface area contributed by atoms with E-state index in [0.29, 0.717) is 23.9 Å². The zero-order valence-electron chi connectivity index (χ0n) is 12.3. The molecule has 0 spiro atoms. The fourth-order valence-corrected chi connectivity index (χ4v) is 2.03. The lowest BCUT2D eigenvalue weighted by Gasteiger charge is -2.15. The van der Waals surface area contributed by atoms with E-state index < -0.39 is 5.91 Å². The number of nitrogens with one attached hydrogen (secondary N) is 1. The Hall–Kier alpha value is -2.75. The molecule has 1 amide bonds. The molecular formula is C12H16ClN7O3. The number of aromatic nitrogens is 4. The highest BCUT2D eigenvalue weighted by Crippen LogP contribution is 2.36. The molecule has 1 aromatic heterocycles. The number of hydrogen-bond acceptors (Lipinski definition) is 8. The standard InChI is InChI=1S/C12H16ClN7O3/c1-2-22-9-4-7(5-16-20-12(15)17-18-19-20)3-8(13)11(9)23-6-10(14)21/h3-4,16H,2,5-6H2,1H3,(H2,14,21)(H2,15,17,19). The van der Waals surface area contributed by atoms with Crippen molar-refractivity contribution in [3.8, 4) is 11.5 Å². The zero-order valence-corrected chi connectivity index (χ0v) is 13.1. The molecule has 11 heteroatoms. The minimum atomic E-state index is -0.608. The third-order valence-electron chi connectivity index (χ3n) is 2.65. The Morgan fingerprint density at radius 3 is 2.83 bits per heavy atom. The highest BCUT2D eigenvalue weighted by molar-refractivity contribution is 6.32. The van der Waals surface area contributed by atoms with Crippen molar-refractivity contribution in [1.29, 1.82) is 0 Å². The molecule has 2 rings (SSSR count). The third-order valence-corrected chi connectivity index (χ3v) is 2.94. The van der Waals surface area contributed by atoms with Crippen molar-refractivity contribution in [3.63, 3.8) is 0 Å². The second-order valence-electron chi connectivity index (χ2n) is 4.38. The number of ether oxygens (including phenoxy) is 2. The molecule has 0 aliphatic carbocycles. The maximum Gasteiger partial charge on any atom is 0.260 e. The van der Waals surface area contributed by atoms with Gasteiger partial charge in [-0.05, 0) is 35.0 Å². The summed E-state index contributed by atoms with van der Waals surface area (Å²) >= 11 is 6.19. The van der Waals surface area contributed by atoms with Gasteiger partial charge >= 0.3 is 0 Å². The van der Waals surface area contributed by atoms with Crippen molar-refractivity contribution in [2.75, 3.05) is 24.4 Å². The molecule has 0 aliphatic heterocycles. The first-order valence-electron chi connectivity index (χ1n) is 6.65. The molecule has 10 nitrogen and oxygen atoms in total. The van der Waals surface area contributed by atoms with E-state index in [4.69, 9.17) is 32.5 Å². The first kappa shape index (κ1) is 16.6. The van der Waals surface area contributed by atoms with Crippen LogP contribution < -0.4 is 26.4 Å². The van der Waals surface area contributed by atoms with Gasteiger partial charge in [-0.2, -0.15) is 0 Å². The van der Waals surface area contributed by atoms with Gasteiger partial charge in [-0.25, -0.2) is 0 Å². The number of rotatable bonds is 8. The van der Waals surface area contributed by atoms with E-state index in [1.165, 1.54) is 4.79 Å². The Balaban J connectivity index is 2.17. The fraction of sp³-hybridized carbons (Fsp3) is 0.333. The Morgan fingerprint density at radius 1 is 1.43 bits per heavy atom. The summed E-state index contributed by atoms with van der Waals surface area (Å²) in [6, 6.07) is 3.38. The summed E-state index contributed by atoms with van der Waals surface area (Å²) < 4.78 is 10.8. The lowest BCUT2D eigenvalue weighted by molar-refractivity contribution is -0.119. The highest BCUT2D eigenvalue weighted by atomic mass is 35.5. The van der Waals surface area contributed by atoms with Crippen LogP contribution in [-0.2, 0) is 11.3 Å². The summed E-state index contributed by atoms with van der Waals surface area (Å²) in [5.41, 5.74) is 14.3. The van der Waals surface area contributed by atoms with Gasteiger partial charge in [0.25, 0.3) is 11.9 Å². The third kappa shape index (κ3) is 4.36. The summed E-state index contributed by atoms with van der Waals surface area (Å²) in [7, 11) is 0. The average Bonchev–Trinajstić information content (AvgIpc) is 2.89.